The SMILES string of the molecule is CC.CC.CC.CC.CCc1ccccc1-c1ccccc1CCC(O)COC.COC.c1ccc(Cc2ccccc2)cc1. The summed E-state index contributed by atoms with van der Waals surface area (Å²) in [5.41, 5.74) is 7.97. The van der Waals surface area contributed by atoms with Crippen molar-refractivity contribution in [3.8, 4) is 11.1 Å². The van der Waals surface area contributed by atoms with Crippen molar-refractivity contribution in [3.05, 3.63) is 131 Å². The highest BCUT2D eigenvalue weighted by molar-refractivity contribution is 5.70. The fraction of sp³-hybridized carbons (Fsp3) is 0.429. The molecule has 0 saturated carbocycles. The van der Waals surface area contributed by atoms with Gasteiger partial charge in [0.2, 0.25) is 0 Å². The van der Waals surface area contributed by atoms with Gasteiger partial charge in [0, 0.05) is 21.3 Å². The van der Waals surface area contributed by atoms with Gasteiger partial charge in [0.1, 0.15) is 0 Å². The lowest BCUT2D eigenvalue weighted by Gasteiger charge is -2.15. The van der Waals surface area contributed by atoms with Crippen LogP contribution in [0.15, 0.2) is 109 Å². The Morgan fingerprint density at radius 3 is 1.29 bits per heavy atom. The topological polar surface area (TPSA) is 38.7 Å². The van der Waals surface area contributed by atoms with E-state index in [2.05, 4.69) is 121 Å². The second-order valence-electron chi connectivity index (χ2n) is 8.87. The van der Waals surface area contributed by atoms with E-state index in [1.165, 1.54) is 33.4 Å². The maximum atomic E-state index is 9.85. The molecule has 0 amide bonds. The Kier molecular flexibility index (Phi) is 36.2. The number of methoxy groups -OCH3 is 2. The first-order valence-electron chi connectivity index (χ1n) is 16.9. The van der Waals surface area contributed by atoms with Crippen molar-refractivity contribution >= 4 is 0 Å². The summed E-state index contributed by atoms with van der Waals surface area (Å²) in [6.45, 7) is 18.6. The first-order chi connectivity index (χ1) is 22.1. The summed E-state index contributed by atoms with van der Waals surface area (Å²) in [7, 11) is 4.87. The predicted octanol–water partition coefficient (Wildman–Crippen LogP) is 11.5. The van der Waals surface area contributed by atoms with Crippen molar-refractivity contribution in [1.29, 1.82) is 0 Å². The van der Waals surface area contributed by atoms with Crippen LogP contribution < -0.4 is 0 Å². The zero-order valence-electron chi connectivity index (χ0n) is 30.8. The lowest BCUT2D eigenvalue weighted by atomic mass is 9.92. The van der Waals surface area contributed by atoms with E-state index in [9.17, 15) is 5.11 Å². The molecule has 45 heavy (non-hydrogen) atoms. The van der Waals surface area contributed by atoms with E-state index in [1.54, 1.807) is 21.3 Å². The molecule has 4 aromatic carbocycles. The number of benzene rings is 4. The molecule has 0 radical (unpaired) electrons. The molecule has 3 nitrogen and oxygen atoms in total. The third-order valence-corrected chi connectivity index (χ3v) is 5.91. The predicted molar refractivity (Wildman–Crippen MR) is 201 cm³/mol. The molecular weight excluding hydrogens is 552 g/mol. The van der Waals surface area contributed by atoms with E-state index in [4.69, 9.17) is 4.74 Å². The molecule has 1 atom stereocenters. The number of aliphatic hydroxyl groups excluding tert-OH is 1. The zero-order valence-corrected chi connectivity index (χ0v) is 30.8. The number of hydrogen-bond acceptors (Lipinski definition) is 3. The lowest BCUT2D eigenvalue weighted by molar-refractivity contribution is 0.0595. The van der Waals surface area contributed by atoms with Gasteiger partial charge in [-0.2, -0.15) is 0 Å². The number of rotatable bonds is 9. The van der Waals surface area contributed by atoms with Gasteiger partial charge in [-0.15, -0.1) is 0 Å². The Morgan fingerprint density at radius 2 is 0.889 bits per heavy atom. The van der Waals surface area contributed by atoms with Crippen LogP contribution in [0.2, 0.25) is 0 Å². The number of aliphatic hydroxyl groups is 1. The monoisotopic (exact) mass is 619 g/mol. The highest BCUT2D eigenvalue weighted by atomic mass is 16.5. The molecule has 0 aliphatic rings. The van der Waals surface area contributed by atoms with Gasteiger partial charge >= 0.3 is 0 Å². The molecule has 0 fully saturated rings. The second kappa shape index (κ2) is 35.2. The highest BCUT2D eigenvalue weighted by Gasteiger charge is 2.10. The lowest BCUT2D eigenvalue weighted by Crippen LogP contribution is -2.14. The largest absolute Gasteiger partial charge is 0.391 e. The molecule has 0 spiro atoms. The molecule has 1 N–H and O–H groups in total. The molecule has 1 unspecified atom stereocenters. The van der Waals surface area contributed by atoms with Crippen LogP contribution in [-0.2, 0) is 28.7 Å². The van der Waals surface area contributed by atoms with Crippen molar-refractivity contribution in [2.24, 2.45) is 0 Å². The fourth-order valence-electron chi connectivity index (χ4n) is 4.12. The summed E-state index contributed by atoms with van der Waals surface area (Å²) >= 11 is 0. The van der Waals surface area contributed by atoms with E-state index >= 15 is 0 Å². The first kappa shape index (κ1) is 46.2. The summed E-state index contributed by atoms with van der Waals surface area (Å²) in [5, 5.41) is 9.85. The zero-order chi connectivity index (χ0) is 34.7. The third-order valence-electron chi connectivity index (χ3n) is 5.91. The van der Waals surface area contributed by atoms with Gasteiger partial charge in [-0.05, 0) is 59.1 Å². The van der Waals surface area contributed by atoms with Gasteiger partial charge in [-0.3, -0.25) is 0 Å². The van der Waals surface area contributed by atoms with Crippen molar-refractivity contribution in [2.75, 3.05) is 27.9 Å². The van der Waals surface area contributed by atoms with E-state index in [-0.39, 0.29) is 0 Å². The Hall–Kier alpha value is -3.24. The summed E-state index contributed by atoms with van der Waals surface area (Å²) in [5.74, 6) is 0. The van der Waals surface area contributed by atoms with Gasteiger partial charge in [0.25, 0.3) is 0 Å². The van der Waals surface area contributed by atoms with Crippen molar-refractivity contribution < 1.29 is 14.6 Å². The van der Waals surface area contributed by atoms with Gasteiger partial charge in [0.05, 0.1) is 12.7 Å². The maximum absolute atomic E-state index is 9.85. The quantitative estimate of drug-likeness (QED) is 0.203. The molecule has 4 rings (SSSR count). The van der Waals surface area contributed by atoms with Crippen LogP contribution in [-0.4, -0.2) is 39.1 Å². The second-order valence-corrected chi connectivity index (χ2v) is 8.87. The minimum absolute atomic E-state index is 0.397. The van der Waals surface area contributed by atoms with E-state index < -0.39 is 6.10 Å². The molecule has 0 aromatic heterocycles. The van der Waals surface area contributed by atoms with Crippen LogP contribution in [0, 0.1) is 0 Å². The summed E-state index contributed by atoms with van der Waals surface area (Å²) in [4.78, 5) is 0. The van der Waals surface area contributed by atoms with E-state index in [0.717, 1.165) is 25.7 Å². The summed E-state index contributed by atoms with van der Waals surface area (Å²) in [6, 6.07) is 38.1. The molecule has 0 bridgehead atoms. The van der Waals surface area contributed by atoms with Gasteiger partial charge < -0.3 is 14.6 Å². The first-order valence-corrected chi connectivity index (χ1v) is 16.9. The van der Waals surface area contributed by atoms with Crippen LogP contribution in [0.4, 0.5) is 0 Å². The van der Waals surface area contributed by atoms with Crippen LogP contribution in [0.3, 0.4) is 0 Å². The average Bonchev–Trinajstić information content (AvgIpc) is 3.12. The maximum Gasteiger partial charge on any atom is 0.0776 e. The van der Waals surface area contributed by atoms with Gasteiger partial charge in [-0.25, -0.2) is 0 Å². The Labute approximate surface area is 278 Å². The van der Waals surface area contributed by atoms with Gasteiger partial charge in [-0.1, -0.05) is 172 Å². The minimum atomic E-state index is -0.399. The molecule has 3 heteroatoms. The number of aryl methyl sites for hydroxylation is 2. The molecule has 4 aromatic rings. The van der Waals surface area contributed by atoms with Crippen molar-refractivity contribution in [2.45, 2.75) is 94.1 Å². The van der Waals surface area contributed by atoms with E-state index in [1.807, 2.05) is 55.4 Å². The highest BCUT2D eigenvalue weighted by Crippen LogP contribution is 2.28. The normalized spacial score (nSPS) is 9.53. The molecule has 0 heterocycles. The van der Waals surface area contributed by atoms with Crippen molar-refractivity contribution in [3.63, 3.8) is 0 Å². The fourth-order valence-corrected chi connectivity index (χ4v) is 4.12. The Balaban J connectivity index is -0.000000628. The Morgan fingerprint density at radius 1 is 0.533 bits per heavy atom. The van der Waals surface area contributed by atoms with E-state index in [0.29, 0.717) is 6.61 Å². The Bertz CT molecular complexity index is 1070. The van der Waals surface area contributed by atoms with Crippen LogP contribution in [0.5, 0.6) is 0 Å². The molecular formula is C42H66O3. The molecule has 0 saturated heterocycles. The smallest absolute Gasteiger partial charge is 0.0776 e. The number of ether oxygens (including phenoxy) is 2. The molecule has 252 valence electrons. The standard InChI is InChI=1S/C19H24O2.C13H12.C2H6O.4C2H6/c1-3-15-8-4-6-10-18(15)19-11-7-5-9-16(19)12-13-17(20)14-21-2;1-3-7-12(8-4-1)11-13-9-5-2-6-10-13;1-3-2;4*1-2/h4-11,17,20H,3,12-14H2,1-2H3;1-10H,11H2;1-2H3;4*1-2H3. The minimum Gasteiger partial charge on any atom is -0.391 e. The van der Waals surface area contributed by atoms with Crippen molar-refractivity contribution in [1.82, 2.24) is 0 Å². The van der Waals surface area contributed by atoms with Crippen LogP contribution in [0.1, 0.15) is 91.0 Å². The van der Waals surface area contributed by atoms with Gasteiger partial charge in [0.15, 0.2) is 0 Å². The average molecular weight is 619 g/mol. The number of hydrogen-bond donors (Lipinski definition) is 1. The third kappa shape index (κ3) is 22.0. The molecule has 0 aliphatic heterocycles. The van der Waals surface area contributed by atoms with Crippen LogP contribution in [0.25, 0.3) is 11.1 Å². The van der Waals surface area contributed by atoms with Crippen LogP contribution >= 0.6 is 0 Å². The summed E-state index contributed by atoms with van der Waals surface area (Å²) in [6.07, 6.45) is 3.24. The summed E-state index contributed by atoms with van der Waals surface area (Å²) < 4.78 is 9.24. The molecule has 0 aliphatic carbocycles.